The Kier molecular flexibility index (Phi) is 6.92. The molecule has 0 aliphatic heterocycles. The summed E-state index contributed by atoms with van der Waals surface area (Å²) in [6.45, 7) is 0. The van der Waals surface area contributed by atoms with Gasteiger partial charge in [0.1, 0.15) is 5.82 Å². The van der Waals surface area contributed by atoms with Gasteiger partial charge in [-0.1, -0.05) is 83.5 Å². The molecule has 0 bridgehead atoms. The second-order valence-electron chi connectivity index (χ2n) is 6.69. The van der Waals surface area contributed by atoms with Crippen molar-refractivity contribution >= 4 is 46.6 Å². The average molecular weight is 469 g/mol. The topological polar surface area (TPSA) is 59.8 Å². The highest BCUT2D eigenvalue weighted by molar-refractivity contribution is 7.99. The predicted molar refractivity (Wildman–Crippen MR) is 126 cm³/mol. The van der Waals surface area contributed by atoms with Gasteiger partial charge in [-0.15, -0.1) is 10.2 Å². The monoisotopic (exact) mass is 468 g/mol. The molecule has 0 radical (unpaired) electrons. The normalized spacial score (nSPS) is 10.8. The average Bonchev–Trinajstić information content (AvgIpc) is 3.18. The van der Waals surface area contributed by atoms with Crippen LogP contribution < -0.4 is 5.32 Å². The van der Waals surface area contributed by atoms with Crippen LogP contribution in [0.4, 0.5) is 5.69 Å². The van der Waals surface area contributed by atoms with Gasteiger partial charge in [0.05, 0.1) is 16.5 Å². The van der Waals surface area contributed by atoms with Gasteiger partial charge in [0, 0.05) is 17.1 Å². The van der Waals surface area contributed by atoms with E-state index in [1.807, 2.05) is 53.1 Å². The molecule has 4 rings (SSSR count). The lowest BCUT2D eigenvalue weighted by atomic mass is 10.1. The second-order valence-corrected chi connectivity index (χ2v) is 8.48. The minimum atomic E-state index is -0.207. The quantitative estimate of drug-likeness (QED) is 0.343. The molecule has 3 aromatic carbocycles. The van der Waals surface area contributed by atoms with Gasteiger partial charge in [-0.3, -0.25) is 9.36 Å². The number of hydrogen-bond acceptors (Lipinski definition) is 4. The van der Waals surface area contributed by atoms with Crippen molar-refractivity contribution in [2.45, 2.75) is 11.6 Å². The number of halogens is 2. The van der Waals surface area contributed by atoms with Gasteiger partial charge >= 0.3 is 0 Å². The van der Waals surface area contributed by atoms with E-state index in [0.717, 1.165) is 17.1 Å². The highest BCUT2D eigenvalue weighted by Crippen LogP contribution is 2.27. The third-order valence-electron chi connectivity index (χ3n) is 4.45. The number of anilines is 1. The molecule has 156 valence electrons. The Morgan fingerprint density at radius 2 is 1.65 bits per heavy atom. The van der Waals surface area contributed by atoms with Crippen LogP contribution in [0.5, 0.6) is 0 Å². The van der Waals surface area contributed by atoms with E-state index in [4.69, 9.17) is 23.2 Å². The molecule has 0 saturated carbocycles. The van der Waals surface area contributed by atoms with Crippen LogP contribution in [0.25, 0.3) is 5.69 Å². The van der Waals surface area contributed by atoms with Crippen molar-refractivity contribution in [3.63, 3.8) is 0 Å². The minimum absolute atomic E-state index is 0.152. The van der Waals surface area contributed by atoms with Crippen molar-refractivity contribution in [1.82, 2.24) is 14.8 Å². The minimum Gasteiger partial charge on any atom is -0.324 e. The van der Waals surface area contributed by atoms with Gasteiger partial charge in [0.15, 0.2) is 5.16 Å². The van der Waals surface area contributed by atoms with E-state index in [2.05, 4.69) is 27.6 Å². The summed E-state index contributed by atoms with van der Waals surface area (Å²) in [5.41, 5.74) is 2.56. The van der Waals surface area contributed by atoms with Crippen LogP contribution in [0.3, 0.4) is 0 Å². The molecule has 31 heavy (non-hydrogen) atoms. The van der Waals surface area contributed by atoms with Crippen LogP contribution in [-0.2, 0) is 11.2 Å². The maximum atomic E-state index is 12.5. The molecular formula is C23H18Cl2N4OS. The molecule has 1 aromatic heterocycles. The SMILES string of the molecule is O=C(CSc1nnc(Cc2ccccc2)n1-c1ccccc1)Nc1cc(Cl)ccc1Cl. The third-order valence-corrected chi connectivity index (χ3v) is 5.95. The molecule has 0 unspecified atom stereocenters. The van der Waals surface area contributed by atoms with E-state index in [9.17, 15) is 4.79 Å². The number of amides is 1. The van der Waals surface area contributed by atoms with Crippen molar-refractivity contribution in [3.8, 4) is 5.69 Å². The second kappa shape index (κ2) is 10.0. The maximum Gasteiger partial charge on any atom is 0.234 e. The van der Waals surface area contributed by atoms with E-state index < -0.39 is 0 Å². The molecule has 1 heterocycles. The van der Waals surface area contributed by atoms with Gasteiger partial charge in [0.25, 0.3) is 0 Å². The molecule has 1 N–H and O–H groups in total. The molecule has 8 heteroatoms. The Labute approximate surface area is 194 Å². The summed E-state index contributed by atoms with van der Waals surface area (Å²) in [7, 11) is 0. The number of thioether (sulfide) groups is 1. The van der Waals surface area contributed by atoms with Gasteiger partial charge in [0.2, 0.25) is 5.91 Å². The largest absolute Gasteiger partial charge is 0.324 e. The molecular weight excluding hydrogens is 451 g/mol. The van der Waals surface area contributed by atoms with E-state index in [1.54, 1.807) is 18.2 Å². The van der Waals surface area contributed by atoms with Crippen LogP contribution >= 0.6 is 35.0 Å². The van der Waals surface area contributed by atoms with Crippen molar-refractivity contribution < 1.29 is 4.79 Å². The number of carbonyl (C=O) groups is 1. The fourth-order valence-corrected chi connectivity index (χ4v) is 4.14. The molecule has 5 nitrogen and oxygen atoms in total. The summed E-state index contributed by atoms with van der Waals surface area (Å²) in [5, 5.41) is 13.1. The van der Waals surface area contributed by atoms with E-state index in [1.165, 1.54) is 11.8 Å². The molecule has 0 spiro atoms. The molecule has 4 aromatic rings. The Bertz CT molecular complexity index is 1180. The standard InChI is InChI=1S/C23H18Cl2N4OS/c24-17-11-12-19(25)20(14-17)26-22(30)15-31-23-28-27-21(13-16-7-3-1-4-8-16)29(23)18-9-5-2-6-10-18/h1-12,14H,13,15H2,(H,26,30). The molecule has 1 amide bonds. The lowest BCUT2D eigenvalue weighted by Gasteiger charge is -2.11. The fraction of sp³-hybridized carbons (Fsp3) is 0.0870. The summed E-state index contributed by atoms with van der Waals surface area (Å²) in [6.07, 6.45) is 0.633. The first-order valence-electron chi connectivity index (χ1n) is 9.51. The van der Waals surface area contributed by atoms with Crippen molar-refractivity contribution in [2.75, 3.05) is 11.1 Å². The lowest BCUT2D eigenvalue weighted by Crippen LogP contribution is -2.15. The molecule has 0 aliphatic carbocycles. The number of rotatable bonds is 7. The smallest absolute Gasteiger partial charge is 0.234 e. The first-order valence-corrected chi connectivity index (χ1v) is 11.3. The third kappa shape index (κ3) is 5.47. The highest BCUT2D eigenvalue weighted by atomic mass is 35.5. The van der Waals surface area contributed by atoms with Crippen molar-refractivity contribution in [3.05, 3.63) is 100 Å². The molecule has 0 fully saturated rings. The Hall–Kier alpha value is -2.80. The predicted octanol–water partition coefficient (Wildman–Crippen LogP) is 5.90. The summed E-state index contributed by atoms with van der Waals surface area (Å²) < 4.78 is 1.98. The summed E-state index contributed by atoms with van der Waals surface area (Å²) in [5.74, 6) is 0.749. The zero-order valence-corrected chi connectivity index (χ0v) is 18.7. The van der Waals surface area contributed by atoms with Gasteiger partial charge in [-0.25, -0.2) is 0 Å². The van der Waals surface area contributed by atoms with Gasteiger partial charge < -0.3 is 5.32 Å². The van der Waals surface area contributed by atoms with E-state index in [-0.39, 0.29) is 11.7 Å². The van der Waals surface area contributed by atoms with Crippen molar-refractivity contribution in [1.29, 1.82) is 0 Å². The van der Waals surface area contributed by atoms with Crippen LogP contribution in [0.2, 0.25) is 10.0 Å². The Morgan fingerprint density at radius 1 is 0.935 bits per heavy atom. The number of hydrogen-bond donors (Lipinski definition) is 1. The Morgan fingerprint density at radius 3 is 2.39 bits per heavy atom. The van der Waals surface area contributed by atoms with Gasteiger partial charge in [-0.2, -0.15) is 0 Å². The van der Waals surface area contributed by atoms with Crippen LogP contribution in [-0.4, -0.2) is 26.4 Å². The number of carbonyl (C=O) groups excluding carboxylic acids is 1. The first-order chi connectivity index (χ1) is 15.1. The maximum absolute atomic E-state index is 12.5. The first kappa shape index (κ1) is 21.4. The number of para-hydroxylation sites is 1. The van der Waals surface area contributed by atoms with Gasteiger partial charge in [-0.05, 0) is 35.9 Å². The lowest BCUT2D eigenvalue weighted by molar-refractivity contribution is -0.113. The number of benzene rings is 3. The fourth-order valence-electron chi connectivity index (χ4n) is 3.03. The number of aromatic nitrogens is 3. The summed E-state index contributed by atoms with van der Waals surface area (Å²) >= 11 is 13.4. The number of nitrogens with one attached hydrogen (secondary N) is 1. The molecule has 0 atom stereocenters. The van der Waals surface area contributed by atoms with Crippen LogP contribution in [0.1, 0.15) is 11.4 Å². The summed E-state index contributed by atoms with van der Waals surface area (Å²) in [6, 6.07) is 24.9. The van der Waals surface area contributed by atoms with Crippen molar-refractivity contribution in [2.24, 2.45) is 0 Å². The highest BCUT2D eigenvalue weighted by Gasteiger charge is 2.16. The van der Waals surface area contributed by atoms with Crippen LogP contribution in [0.15, 0.2) is 84.0 Å². The zero-order valence-electron chi connectivity index (χ0n) is 16.3. The Balaban J connectivity index is 1.54. The molecule has 0 saturated heterocycles. The van der Waals surface area contributed by atoms with E-state index >= 15 is 0 Å². The van der Waals surface area contributed by atoms with Crippen LogP contribution in [0, 0.1) is 0 Å². The summed E-state index contributed by atoms with van der Waals surface area (Å²) in [4.78, 5) is 12.5. The zero-order chi connectivity index (χ0) is 21.6. The number of nitrogens with zero attached hydrogens (tertiary/aromatic N) is 3. The molecule has 0 aliphatic rings. The van der Waals surface area contributed by atoms with E-state index in [0.29, 0.717) is 27.3 Å².